The van der Waals surface area contributed by atoms with Gasteiger partial charge in [0.05, 0.1) is 25.0 Å². The average molecular weight is 418 g/mol. The molecule has 1 aromatic carbocycles. The van der Waals surface area contributed by atoms with Gasteiger partial charge in [0.15, 0.2) is 5.13 Å². The van der Waals surface area contributed by atoms with Crippen molar-refractivity contribution in [3.63, 3.8) is 0 Å². The number of rotatable bonds is 3. The number of morpholine rings is 1. The van der Waals surface area contributed by atoms with Gasteiger partial charge in [0.2, 0.25) is 0 Å². The molecule has 3 heterocycles. The molecule has 154 valence electrons. The minimum Gasteiger partial charge on any atom is -0.494 e. The molecular formula is C19H22N4O5S. The fourth-order valence-electron chi connectivity index (χ4n) is 3.48. The first-order valence-electron chi connectivity index (χ1n) is 9.35. The number of hydrogen-bond donors (Lipinski definition) is 2. The molecule has 0 radical (unpaired) electrons. The third-order valence-corrected chi connectivity index (χ3v) is 6.07. The second kappa shape index (κ2) is 8.26. The summed E-state index contributed by atoms with van der Waals surface area (Å²) in [7, 11) is 1.59. The Hall–Kier alpha value is -2.85. The van der Waals surface area contributed by atoms with E-state index in [0.717, 1.165) is 15.8 Å². The van der Waals surface area contributed by atoms with Crippen molar-refractivity contribution in [1.29, 1.82) is 0 Å². The van der Waals surface area contributed by atoms with Gasteiger partial charge >= 0.3 is 12.1 Å². The summed E-state index contributed by atoms with van der Waals surface area (Å²) in [5.41, 5.74) is 2.76. The SMILES string of the molecule is COc1ccc(C2=CCN(C(=O)O)CC2)c2sc(NC(=O)N3CCOCC3)nc12. The number of benzene rings is 1. The molecule has 9 nitrogen and oxygen atoms in total. The van der Waals surface area contributed by atoms with Crippen LogP contribution in [0.25, 0.3) is 15.8 Å². The summed E-state index contributed by atoms with van der Waals surface area (Å²) in [6.45, 7) is 2.99. The van der Waals surface area contributed by atoms with Crippen LogP contribution in [0, 0.1) is 0 Å². The number of carbonyl (C=O) groups excluding carboxylic acids is 1. The molecule has 0 bridgehead atoms. The number of nitrogens with one attached hydrogen (secondary N) is 1. The van der Waals surface area contributed by atoms with E-state index in [2.05, 4.69) is 10.3 Å². The molecule has 2 N–H and O–H groups in total. The highest BCUT2D eigenvalue weighted by atomic mass is 32.1. The van der Waals surface area contributed by atoms with Crippen LogP contribution in [-0.4, -0.2) is 78.5 Å². The van der Waals surface area contributed by atoms with Crippen LogP contribution in [-0.2, 0) is 4.74 Å². The van der Waals surface area contributed by atoms with Crippen LogP contribution < -0.4 is 10.1 Å². The van der Waals surface area contributed by atoms with E-state index in [0.29, 0.717) is 62.2 Å². The molecule has 2 aromatic rings. The number of fused-ring (bicyclic) bond motifs is 1. The fraction of sp³-hybridized carbons (Fsp3) is 0.421. The van der Waals surface area contributed by atoms with Crippen molar-refractivity contribution in [1.82, 2.24) is 14.8 Å². The summed E-state index contributed by atoms with van der Waals surface area (Å²) in [4.78, 5) is 31.3. The van der Waals surface area contributed by atoms with Crippen LogP contribution in [0.1, 0.15) is 12.0 Å². The zero-order valence-corrected chi connectivity index (χ0v) is 16.8. The molecule has 1 saturated heterocycles. The lowest BCUT2D eigenvalue weighted by Crippen LogP contribution is -2.43. The lowest BCUT2D eigenvalue weighted by atomic mass is 9.99. The highest BCUT2D eigenvalue weighted by molar-refractivity contribution is 7.22. The van der Waals surface area contributed by atoms with Gasteiger partial charge in [-0.25, -0.2) is 14.6 Å². The third kappa shape index (κ3) is 3.99. The molecule has 1 fully saturated rings. The Morgan fingerprint density at radius 2 is 2.03 bits per heavy atom. The minimum absolute atomic E-state index is 0.193. The van der Waals surface area contributed by atoms with Gasteiger partial charge in [-0.05, 0) is 29.7 Å². The number of ether oxygens (including phenoxy) is 2. The summed E-state index contributed by atoms with van der Waals surface area (Å²) < 4.78 is 11.7. The van der Waals surface area contributed by atoms with E-state index in [9.17, 15) is 9.59 Å². The maximum atomic E-state index is 12.5. The number of thiazole rings is 1. The Bertz CT molecular complexity index is 967. The molecule has 29 heavy (non-hydrogen) atoms. The van der Waals surface area contributed by atoms with Gasteiger partial charge in [-0.15, -0.1) is 0 Å². The lowest BCUT2D eigenvalue weighted by molar-refractivity contribution is 0.0564. The van der Waals surface area contributed by atoms with Gasteiger partial charge < -0.3 is 24.4 Å². The number of anilines is 1. The number of methoxy groups -OCH3 is 1. The Balaban J connectivity index is 1.63. The summed E-state index contributed by atoms with van der Waals surface area (Å²) in [6.07, 6.45) is 1.65. The average Bonchev–Trinajstić information content (AvgIpc) is 3.17. The first-order valence-corrected chi connectivity index (χ1v) is 10.2. The molecule has 0 spiro atoms. The van der Waals surface area contributed by atoms with Gasteiger partial charge in [0.25, 0.3) is 0 Å². The fourth-order valence-corrected chi connectivity index (χ4v) is 4.50. The number of carbonyl (C=O) groups is 2. The summed E-state index contributed by atoms with van der Waals surface area (Å²) in [5.74, 6) is 0.635. The van der Waals surface area contributed by atoms with Crippen LogP contribution >= 0.6 is 11.3 Å². The Morgan fingerprint density at radius 1 is 1.24 bits per heavy atom. The topological polar surface area (TPSA) is 104 Å². The van der Waals surface area contributed by atoms with Crippen molar-refractivity contribution in [2.45, 2.75) is 6.42 Å². The van der Waals surface area contributed by atoms with E-state index < -0.39 is 6.09 Å². The first kappa shape index (κ1) is 19.5. The molecular weight excluding hydrogens is 396 g/mol. The van der Waals surface area contributed by atoms with Crippen LogP contribution in [0.2, 0.25) is 0 Å². The molecule has 1 aromatic heterocycles. The molecule has 2 aliphatic rings. The van der Waals surface area contributed by atoms with E-state index in [4.69, 9.17) is 14.6 Å². The van der Waals surface area contributed by atoms with Gasteiger partial charge in [0, 0.05) is 26.2 Å². The highest BCUT2D eigenvalue weighted by Gasteiger charge is 2.22. The van der Waals surface area contributed by atoms with Crippen LogP contribution in [0.5, 0.6) is 5.75 Å². The lowest BCUT2D eigenvalue weighted by Gasteiger charge is -2.26. The standard InChI is InChI=1S/C19H22N4O5S/c1-27-14-3-2-13(12-4-6-23(7-5-12)19(25)26)16-15(14)20-17(29-16)21-18(24)22-8-10-28-11-9-22/h2-4H,5-11H2,1H3,(H,25,26)(H,20,21,24). The third-order valence-electron chi connectivity index (χ3n) is 5.06. The number of amides is 3. The number of hydrogen-bond acceptors (Lipinski definition) is 6. The smallest absolute Gasteiger partial charge is 0.407 e. The van der Waals surface area contributed by atoms with Crippen molar-refractivity contribution >= 4 is 44.4 Å². The van der Waals surface area contributed by atoms with Crippen molar-refractivity contribution in [3.8, 4) is 5.75 Å². The predicted octanol–water partition coefficient (Wildman–Crippen LogP) is 2.94. The normalized spacial score (nSPS) is 17.2. The van der Waals surface area contributed by atoms with Crippen LogP contribution in [0.15, 0.2) is 18.2 Å². The van der Waals surface area contributed by atoms with E-state index in [-0.39, 0.29) is 6.03 Å². The monoisotopic (exact) mass is 418 g/mol. The first-order chi connectivity index (χ1) is 14.1. The maximum Gasteiger partial charge on any atom is 0.407 e. The second-order valence-electron chi connectivity index (χ2n) is 6.75. The molecule has 10 heteroatoms. The molecule has 0 aliphatic carbocycles. The predicted molar refractivity (Wildman–Crippen MR) is 110 cm³/mol. The molecule has 0 atom stereocenters. The molecule has 0 saturated carbocycles. The highest BCUT2D eigenvalue weighted by Crippen LogP contribution is 2.39. The van der Waals surface area contributed by atoms with Gasteiger partial charge in [-0.1, -0.05) is 17.4 Å². The number of carboxylic acid groups (broad SMARTS) is 1. The Morgan fingerprint density at radius 3 is 2.69 bits per heavy atom. The van der Waals surface area contributed by atoms with E-state index in [1.165, 1.54) is 16.2 Å². The van der Waals surface area contributed by atoms with Gasteiger partial charge in [0.1, 0.15) is 11.3 Å². The van der Waals surface area contributed by atoms with Crippen molar-refractivity contribution in [2.75, 3.05) is 51.8 Å². The second-order valence-corrected chi connectivity index (χ2v) is 7.75. The molecule has 3 amide bonds. The molecule has 0 unspecified atom stereocenters. The van der Waals surface area contributed by atoms with E-state index >= 15 is 0 Å². The Kier molecular flexibility index (Phi) is 5.54. The van der Waals surface area contributed by atoms with Gasteiger partial charge in [-0.2, -0.15) is 0 Å². The Labute approximate surface area is 171 Å². The number of urea groups is 1. The largest absolute Gasteiger partial charge is 0.494 e. The van der Waals surface area contributed by atoms with Crippen molar-refractivity contribution in [3.05, 3.63) is 23.8 Å². The minimum atomic E-state index is -0.911. The zero-order valence-electron chi connectivity index (χ0n) is 16.0. The maximum absolute atomic E-state index is 12.5. The van der Waals surface area contributed by atoms with Crippen molar-refractivity contribution < 1.29 is 24.2 Å². The molecule has 2 aliphatic heterocycles. The number of aromatic nitrogens is 1. The van der Waals surface area contributed by atoms with Gasteiger partial charge in [-0.3, -0.25) is 5.32 Å². The van der Waals surface area contributed by atoms with Crippen LogP contribution in [0.4, 0.5) is 14.7 Å². The summed E-state index contributed by atoms with van der Waals surface area (Å²) in [6, 6.07) is 3.63. The zero-order chi connectivity index (χ0) is 20.4. The van der Waals surface area contributed by atoms with E-state index in [1.807, 2.05) is 18.2 Å². The quantitative estimate of drug-likeness (QED) is 0.794. The summed E-state index contributed by atoms with van der Waals surface area (Å²) >= 11 is 1.39. The van der Waals surface area contributed by atoms with E-state index in [1.54, 1.807) is 12.0 Å². The number of nitrogens with zero attached hydrogens (tertiary/aromatic N) is 3. The van der Waals surface area contributed by atoms with Crippen LogP contribution in [0.3, 0.4) is 0 Å². The van der Waals surface area contributed by atoms with Crippen molar-refractivity contribution in [2.24, 2.45) is 0 Å². The molecule has 4 rings (SSSR count). The summed E-state index contributed by atoms with van der Waals surface area (Å²) in [5, 5.41) is 12.5.